The summed E-state index contributed by atoms with van der Waals surface area (Å²) in [5.74, 6) is -0.0506. The van der Waals surface area contributed by atoms with Crippen molar-refractivity contribution >= 4 is 23.3 Å². The summed E-state index contributed by atoms with van der Waals surface area (Å²) in [6.07, 6.45) is 0. The van der Waals surface area contributed by atoms with Crippen LogP contribution in [0.1, 0.15) is 21.6 Å². The van der Waals surface area contributed by atoms with E-state index in [-0.39, 0.29) is 17.2 Å². The van der Waals surface area contributed by atoms with Crippen LogP contribution < -0.4 is 10.7 Å². The number of amides is 1. The van der Waals surface area contributed by atoms with Crippen LogP contribution in [0.4, 0.5) is 5.82 Å². The van der Waals surface area contributed by atoms with E-state index in [1.807, 2.05) is 43.3 Å². The maximum Gasteiger partial charge on any atom is 0.256 e. The monoisotopic (exact) mass is 429 g/mol. The zero-order valence-electron chi connectivity index (χ0n) is 17.1. The average molecular weight is 430 g/mol. The first-order valence-electron chi connectivity index (χ1n) is 9.77. The molecule has 0 saturated carbocycles. The SMILES string of the molecule is Cc1ccc(-c2c(NC(=O)c3ccccc3)n(-c3cccc(Cl)c3)nc(C)c2=O)cc1. The van der Waals surface area contributed by atoms with Gasteiger partial charge in [0.05, 0.1) is 11.3 Å². The molecule has 5 nitrogen and oxygen atoms in total. The van der Waals surface area contributed by atoms with E-state index in [0.29, 0.717) is 33.1 Å². The largest absolute Gasteiger partial charge is 0.306 e. The van der Waals surface area contributed by atoms with Gasteiger partial charge in [-0.05, 0) is 49.7 Å². The van der Waals surface area contributed by atoms with Crippen LogP contribution in [0.3, 0.4) is 0 Å². The number of aryl methyl sites for hydroxylation is 2. The van der Waals surface area contributed by atoms with Crippen molar-refractivity contribution in [1.29, 1.82) is 0 Å². The topological polar surface area (TPSA) is 64.0 Å². The van der Waals surface area contributed by atoms with E-state index in [2.05, 4.69) is 10.4 Å². The van der Waals surface area contributed by atoms with Crippen LogP contribution in [0.25, 0.3) is 16.8 Å². The molecule has 0 fully saturated rings. The Labute approximate surface area is 184 Å². The number of carbonyl (C=O) groups is 1. The molecule has 3 aromatic carbocycles. The van der Waals surface area contributed by atoms with Gasteiger partial charge in [-0.2, -0.15) is 5.10 Å². The molecule has 0 atom stereocenters. The first-order valence-corrected chi connectivity index (χ1v) is 10.1. The first-order chi connectivity index (χ1) is 14.9. The minimum Gasteiger partial charge on any atom is -0.306 e. The highest BCUT2D eigenvalue weighted by Gasteiger charge is 2.21. The van der Waals surface area contributed by atoms with Crippen LogP contribution in [0.15, 0.2) is 83.7 Å². The summed E-state index contributed by atoms with van der Waals surface area (Å²) in [5, 5.41) is 7.90. The summed E-state index contributed by atoms with van der Waals surface area (Å²) in [5.41, 5.74) is 3.31. The van der Waals surface area contributed by atoms with Crippen LogP contribution in [-0.4, -0.2) is 15.7 Å². The number of rotatable bonds is 4. The van der Waals surface area contributed by atoms with Gasteiger partial charge in [0.2, 0.25) is 5.43 Å². The standard InChI is InChI=1S/C25H20ClN3O2/c1-16-11-13-18(14-12-16)22-23(30)17(2)28-29(21-10-6-9-20(26)15-21)24(22)27-25(31)19-7-4-3-5-8-19/h3-15H,1-2H3,(H,27,31). The Balaban J connectivity index is 1.98. The van der Waals surface area contributed by atoms with Crippen molar-refractivity contribution in [2.24, 2.45) is 0 Å². The average Bonchev–Trinajstić information content (AvgIpc) is 2.78. The minimum absolute atomic E-state index is 0.245. The third-order valence-electron chi connectivity index (χ3n) is 4.92. The van der Waals surface area contributed by atoms with Gasteiger partial charge in [-0.1, -0.05) is 65.7 Å². The maximum atomic E-state index is 13.2. The van der Waals surface area contributed by atoms with Crippen molar-refractivity contribution < 1.29 is 4.79 Å². The Kier molecular flexibility index (Phi) is 5.69. The zero-order chi connectivity index (χ0) is 22.0. The third kappa shape index (κ3) is 4.27. The number of benzene rings is 3. The lowest BCUT2D eigenvalue weighted by Crippen LogP contribution is -2.25. The molecule has 0 aliphatic rings. The highest BCUT2D eigenvalue weighted by atomic mass is 35.5. The lowest BCUT2D eigenvalue weighted by Gasteiger charge is -2.18. The normalized spacial score (nSPS) is 10.7. The molecule has 4 aromatic rings. The van der Waals surface area contributed by atoms with E-state index in [0.717, 1.165) is 5.56 Å². The molecule has 0 aliphatic carbocycles. The van der Waals surface area contributed by atoms with Gasteiger partial charge in [-0.3, -0.25) is 9.59 Å². The van der Waals surface area contributed by atoms with E-state index < -0.39 is 0 Å². The molecule has 0 spiro atoms. The second-order valence-corrected chi connectivity index (χ2v) is 7.65. The van der Waals surface area contributed by atoms with Crippen molar-refractivity contribution in [2.45, 2.75) is 13.8 Å². The number of nitrogens with zero attached hydrogens (tertiary/aromatic N) is 2. The van der Waals surface area contributed by atoms with Gasteiger partial charge >= 0.3 is 0 Å². The fraction of sp³-hybridized carbons (Fsp3) is 0.0800. The third-order valence-corrected chi connectivity index (χ3v) is 5.15. The predicted octanol–water partition coefficient (Wildman–Crippen LogP) is 5.42. The molecular formula is C25H20ClN3O2. The molecule has 0 bridgehead atoms. The molecular weight excluding hydrogens is 410 g/mol. The van der Waals surface area contributed by atoms with E-state index in [4.69, 9.17) is 11.6 Å². The van der Waals surface area contributed by atoms with Crippen LogP contribution in [-0.2, 0) is 0 Å². The number of nitrogens with one attached hydrogen (secondary N) is 1. The number of aromatic nitrogens is 2. The molecule has 31 heavy (non-hydrogen) atoms. The van der Waals surface area contributed by atoms with Crippen LogP contribution >= 0.6 is 11.6 Å². The number of hydrogen-bond acceptors (Lipinski definition) is 3. The fourth-order valence-electron chi connectivity index (χ4n) is 3.31. The quantitative estimate of drug-likeness (QED) is 0.471. The predicted molar refractivity (Wildman–Crippen MR) is 124 cm³/mol. The second kappa shape index (κ2) is 8.58. The summed E-state index contributed by atoms with van der Waals surface area (Å²) in [6, 6.07) is 23.5. The Morgan fingerprint density at radius 1 is 0.935 bits per heavy atom. The summed E-state index contributed by atoms with van der Waals surface area (Å²) >= 11 is 6.20. The number of hydrogen-bond donors (Lipinski definition) is 1. The smallest absolute Gasteiger partial charge is 0.256 e. The van der Waals surface area contributed by atoms with Gasteiger partial charge in [-0.25, -0.2) is 4.68 Å². The van der Waals surface area contributed by atoms with E-state index in [9.17, 15) is 9.59 Å². The molecule has 1 amide bonds. The van der Waals surface area contributed by atoms with Gasteiger partial charge < -0.3 is 5.32 Å². The first kappa shape index (κ1) is 20.6. The number of carbonyl (C=O) groups excluding carboxylic acids is 1. The van der Waals surface area contributed by atoms with Gasteiger partial charge in [0.1, 0.15) is 11.5 Å². The molecule has 0 saturated heterocycles. The van der Waals surface area contributed by atoms with Crippen LogP contribution in [0.5, 0.6) is 0 Å². The number of anilines is 1. The van der Waals surface area contributed by atoms with Gasteiger partial charge in [0, 0.05) is 10.6 Å². The molecule has 1 heterocycles. The van der Waals surface area contributed by atoms with Crippen LogP contribution in [0, 0.1) is 13.8 Å². The molecule has 0 aliphatic heterocycles. The Morgan fingerprint density at radius 2 is 1.65 bits per heavy atom. The zero-order valence-corrected chi connectivity index (χ0v) is 17.9. The Bertz CT molecular complexity index is 1310. The molecule has 6 heteroatoms. The molecule has 1 N–H and O–H groups in total. The van der Waals surface area contributed by atoms with Crippen molar-refractivity contribution in [2.75, 3.05) is 5.32 Å². The summed E-state index contributed by atoms with van der Waals surface area (Å²) < 4.78 is 1.55. The Morgan fingerprint density at radius 3 is 2.32 bits per heavy atom. The summed E-state index contributed by atoms with van der Waals surface area (Å²) in [7, 11) is 0. The van der Waals surface area contributed by atoms with Crippen molar-refractivity contribution in [1.82, 2.24) is 9.78 Å². The number of halogens is 1. The highest BCUT2D eigenvalue weighted by molar-refractivity contribution is 6.30. The molecule has 154 valence electrons. The Hall–Kier alpha value is -3.70. The van der Waals surface area contributed by atoms with Crippen LogP contribution in [0.2, 0.25) is 5.02 Å². The highest BCUT2D eigenvalue weighted by Crippen LogP contribution is 2.28. The lowest BCUT2D eigenvalue weighted by atomic mass is 10.0. The van der Waals surface area contributed by atoms with E-state index in [1.165, 1.54) is 0 Å². The second-order valence-electron chi connectivity index (χ2n) is 7.22. The van der Waals surface area contributed by atoms with E-state index in [1.54, 1.807) is 54.1 Å². The summed E-state index contributed by atoms with van der Waals surface area (Å²) in [6.45, 7) is 3.63. The maximum absolute atomic E-state index is 13.2. The fourth-order valence-corrected chi connectivity index (χ4v) is 3.49. The molecule has 4 rings (SSSR count). The summed E-state index contributed by atoms with van der Waals surface area (Å²) in [4.78, 5) is 26.2. The molecule has 0 unspecified atom stereocenters. The van der Waals surface area contributed by atoms with Gasteiger partial charge in [-0.15, -0.1) is 0 Å². The van der Waals surface area contributed by atoms with Crippen molar-refractivity contribution in [3.8, 4) is 16.8 Å². The van der Waals surface area contributed by atoms with Crippen molar-refractivity contribution in [3.05, 3.63) is 111 Å². The van der Waals surface area contributed by atoms with Gasteiger partial charge in [0.15, 0.2) is 0 Å². The van der Waals surface area contributed by atoms with Crippen molar-refractivity contribution in [3.63, 3.8) is 0 Å². The minimum atomic E-state index is -0.338. The van der Waals surface area contributed by atoms with E-state index >= 15 is 0 Å². The molecule has 1 aromatic heterocycles. The van der Waals surface area contributed by atoms with Gasteiger partial charge in [0.25, 0.3) is 5.91 Å². The molecule has 0 radical (unpaired) electrons. The lowest BCUT2D eigenvalue weighted by molar-refractivity contribution is 0.102.